The van der Waals surface area contributed by atoms with E-state index in [4.69, 9.17) is 42.1 Å². The maximum absolute atomic E-state index is 15.3. The number of nitrogens with one attached hydrogen (secondary N) is 3. The summed E-state index contributed by atoms with van der Waals surface area (Å²) >= 11 is 11.9. The molecule has 7 aliphatic rings. The Morgan fingerprint density at radius 3 is 2.21 bits per heavy atom. The van der Waals surface area contributed by atoms with Gasteiger partial charge in [-0.1, -0.05) is 73.5 Å². The number of hydrogen-bond acceptors (Lipinski definition) is 16. The summed E-state index contributed by atoms with van der Waals surface area (Å²) in [4.78, 5) is 77.0. The van der Waals surface area contributed by atoms with Gasteiger partial charge in [-0.05, 0) is 93.3 Å². The van der Waals surface area contributed by atoms with Crippen molar-refractivity contribution in [3.63, 3.8) is 0 Å². The zero-order valence-electron chi connectivity index (χ0n) is 47.1. The number of nitrogens with two attached hydrogens (primary N) is 1. The number of primary amides is 1. The number of fused-ring (bicyclic) bond motifs is 6. The van der Waals surface area contributed by atoms with Crippen molar-refractivity contribution in [1.82, 2.24) is 30.4 Å². The molecule has 81 heavy (non-hydrogen) atoms. The number of aromatic nitrogens is 1. The number of hydrogen-bond donors (Lipinski definition) is 6. The van der Waals surface area contributed by atoms with Crippen LogP contribution in [0.25, 0.3) is 10.9 Å². The average molecular weight is 1160 g/mol. The van der Waals surface area contributed by atoms with Gasteiger partial charge in [0.25, 0.3) is 0 Å². The molecule has 2 amide bonds. The van der Waals surface area contributed by atoms with Crippen LogP contribution in [-0.4, -0.2) is 170 Å². The highest BCUT2D eigenvalue weighted by atomic mass is 35.5. The minimum atomic E-state index is -2.30. The van der Waals surface area contributed by atoms with Crippen LogP contribution < -0.4 is 26.0 Å². The molecule has 1 aliphatic carbocycles. The maximum atomic E-state index is 15.3. The number of rotatable bonds is 10. The molecule has 7 N–H and O–H groups in total. The third-order valence-electron chi connectivity index (χ3n) is 18.1. The molecular formula is C58H74Cl2N10O11. The number of piperidine rings is 1. The molecule has 3 saturated heterocycles. The van der Waals surface area contributed by atoms with Crippen LogP contribution in [-0.2, 0) is 45.8 Å². The van der Waals surface area contributed by atoms with Crippen molar-refractivity contribution in [2.24, 2.45) is 27.3 Å². The van der Waals surface area contributed by atoms with Gasteiger partial charge in [0.05, 0.1) is 48.3 Å². The number of para-hydroxylation sites is 2. The first kappa shape index (κ1) is 59.1. The van der Waals surface area contributed by atoms with Crippen molar-refractivity contribution in [1.29, 1.82) is 0 Å². The number of guanidine groups is 1. The molecule has 436 valence electrons. The molecule has 3 aromatic carbocycles. The average Bonchev–Trinajstić information content (AvgIpc) is 3.88. The van der Waals surface area contributed by atoms with Crippen LogP contribution in [0, 0.1) is 16.2 Å². The predicted octanol–water partition coefficient (Wildman–Crippen LogP) is 6.23. The van der Waals surface area contributed by atoms with Crippen LogP contribution in [0.3, 0.4) is 0 Å². The topological polar surface area (TPSA) is 266 Å². The van der Waals surface area contributed by atoms with Crippen molar-refractivity contribution >= 4 is 75.4 Å². The molecular weight excluding hydrogens is 1080 g/mol. The van der Waals surface area contributed by atoms with Crippen molar-refractivity contribution < 1.29 is 48.3 Å². The molecule has 2 bridgehead atoms. The highest BCUT2D eigenvalue weighted by Crippen LogP contribution is 2.68. The summed E-state index contributed by atoms with van der Waals surface area (Å²) in [5.41, 5.74) is 3.63. The second kappa shape index (κ2) is 23.0. The summed E-state index contributed by atoms with van der Waals surface area (Å²) in [7, 11) is 6.15. The third-order valence-corrected chi connectivity index (χ3v) is 18.7. The number of nitroso groups, excluding NO2 is 1. The number of aliphatic imine (C=N–C) groups is 1. The summed E-state index contributed by atoms with van der Waals surface area (Å²) < 4.78 is 23.9. The van der Waals surface area contributed by atoms with E-state index in [1.54, 1.807) is 32.2 Å². The number of amides is 2. The van der Waals surface area contributed by atoms with Gasteiger partial charge in [0.2, 0.25) is 5.60 Å². The number of anilines is 1. The van der Waals surface area contributed by atoms with Crippen molar-refractivity contribution in [2.45, 2.75) is 106 Å². The minimum absolute atomic E-state index is 0.0986. The highest BCUT2D eigenvalue weighted by Gasteiger charge is 2.80. The summed E-state index contributed by atoms with van der Waals surface area (Å²) in [6.07, 6.45) is 5.94. The number of carbonyl (C=O) groups excluding carboxylic acids is 4. The lowest BCUT2D eigenvalue weighted by molar-refractivity contribution is -0.228. The molecule has 4 aromatic rings. The summed E-state index contributed by atoms with van der Waals surface area (Å²) in [6, 6.07) is 15.5. The molecule has 7 heterocycles. The van der Waals surface area contributed by atoms with Crippen LogP contribution in [0.15, 0.2) is 77.0 Å². The lowest BCUT2D eigenvalue weighted by Crippen LogP contribution is -2.81. The number of carbonyl (C=O) groups is 4. The van der Waals surface area contributed by atoms with Crippen molar-refractivity contribution in [3.8, 4) is 5.75 Å². The van der Waals surface area contributed by atoms with Crippen LogP contribution in [0.5, 0.6) is 5.75 Å². The number of H-pyrrole nitrogens is 1. The fraction of sp³-hybridized carbons (Fsp3) is 0.534. The molecule has 0 radical (unpaired) electrons. The largest absolute Gasteiger partial charge is 0.496 e. The van der Waals surface area contributed by atoms with Gasteiger partial charge < -0.3 is 55.4 Å². The second-order valence-electron chi connectivity index (χ2n) is 22.2. The molecule has 1 aromatic heterocycles. The van der Waals surface area contributed by atoms with Gasteiger partial charge in [-0.2, -0.15) is 5.01 Å². The Hall–Kier alpha value is -6.49. The highest BCUT2D eigenvalue weighted by molar-refractivity contribution is 6.38. The molecule has 11 rings (SSSR count). The zero-order valence-corrected chi connectivity index (χ0v) is 48.7. The molecule has 6 aliphatic heterocycles. The van der Waals surface area contributed by atoms with E-state index in [-0.39, 0.29) is 18.5 Å². The monoisotopic (exact) mass is 1160 g/mol. The van der Waals surface area contributed by atoms with E-state index in [0.29, 0.717) is 103 Å². The van der Waals surface area contributed by atoms with Crippen molar-refractivity contribution in [3.05, 3.63) is 104 Å². The van der Waals surface area contributed by atoms with Gasteiger partial charge in [-0.15, -0.1) is 4.91 Å². The molecule has 1 spiro atoms. The number of esters is 3. The third kappa shape index (κ3) is 9.73. The number of aromatic amines is 1. The Balaban J connectivity index is 0.000000300. The molecule has 21 nitrogen and oxygen atoms in total. The molecule has 4 fully saturated rings. The normalized spacial score (nSPS) is 30.3. The summed E-state index contributed by atoms with van der Waals surface area (Å²) in [6.45, 7) is 12.2. The van der Waals surface area contributed by atoms with E-state index in [1.807, 2.05) is 50.1 Å². The van der Waals surface area contributed by atoms with Gasteiger partial charge in [0, 0.05) is 111 Å². The number of halogens is 2. The van der Waals surface area contributed by atoms with E-state index in [2.05, 4.69) is 65.7 Å². The zero-order chi connectivity index (χ0) is 58.4. The van der Waals surface area contributed by atoms with Gasteiger partial charge in [0.15, 0.2) is 12.1 Å². The number of urea groups is 1. The Kier molecular flexibility index (Phi) is 16.8. The predicted molar refractivity (Wildman–Crippen MR) is 308 cm³/mol. The fourth-order valence-corrected chi connectivity index (χ4v) is 15.5. The second-order valence-corrected chi connectivity index (χ2v) is 23.0. The smallest absolute Gasteiger partial charge is 0.344 e. The number of likely N-dealkylation sites (N-methyl/N-ethyl adjacent to an activating group) is 1. The van der Waals surface area contributed by atoms with E-state index in [9.17, 15) is 29.5 Å². The molecule has 23 heteroatoms. The fourth-order valence-electron chi connectivity index (χ4n) is 15.0. The van der Waals surface area contributed by atoms with Crippen LogP contribution in [0.1, 0.15) is 82.2 Å². The van der Waals surface area contributed by atoms with E-state index in [1.165, 1.54) is 21.1 Å². The minimum Gasteiger partial charge on any atom is -0.496 e. The number of methoxy groups -OCH3 is 3. The Morgan fingerprint density at radius 2 is 1.60 bits per heavy atom. The molecule has 1 saturated carbocycles. The Morgan fingerprint density at radius 1 is 0.901 bits per heavy atom. The Labute approximate surface area is 481 Å². The van der Waals surface area contributed by atoms with Gasteiger partial charge >= 0.3 is 23.9 Å². The summed E-state index contributed by atoms with van der Waals surface area (Å²) in [5.74, 6) is -0.841. The summed E-state index contributed by atoms with van der Waals surface area (Å²) in [5, 5.41) is 36.5. The van der Waals surface area contributed by atoms with Gasteiger partial charge in [-0.3, -0.25) is 19.4 Å². The lowest BCUT2D eigenvalue weighted by atomic mass is 9.47. The Bertz CT molecular complexity index is 3130. The lowest BCUT2D eigenvalue weighted by Gasteiger charge is -2.63. The maximum Gasteiger partial charge on any atom is 0.344 e. The SMILES string of the molecule is CCN(N=O)C(N)=O.CC[C@]1(O)C[C@@H]2C[N@@](CCc3c([nH]c4ccccc34)[C@@](C(=O)OC)(c3cc4c(cc3OC)N(C)[C@H]3[C@@](O)(C(=O)OC)[C@H](OC(C)=O)[C@]5(CC)C=CCN6CC[C@]43[C@@H]65)C2)C1.Clc1cccc(Cl)c1N=C1NCCN1. The molecule has 10 atom stereocenters. The van der Waals surface area contributed by atoms with Crippen molar-refractivity contribution in [2.75, 3.05) is 85.6 Å². The number of aliphatic hydroxyl groups is 2. The number of nitrogens with zero attached hydrogens (tertiary/aromatic N) is 6. The van der Waals surface area contributed by atoms with E-state index < -0.39 is 63.5 Å². The first-order valence-corrected chi connectivity index (χ1v) is 28.4. The first-order chi connectivity index (χ1) is 38.7. The van der Waals surface area contributed by atoms with Crippen LogP contribution >= 0.6 is 23.2 Å². The van der Waals surface area contributed by atoms with Gasteiger partial charge in [0.1, 0.15) is 16.9 Å². The number of ether oxygens (including phenoxy) is 4. The van der Waals surface area contributed by atoms with E-state index >= 15 is 4.79 Å². The van der Waals surface area contributed by atoms with Crippen LogP contribution in [0.2, 0.25) is 10.0 Å². The number of benzene rings is 3. The standard InChI is InChI=1S/C46H58N4O9.C9H9Cl2N3.C3H7N3O2/c1-8-42(54)23-28-24-45(40(52)57-6,36-30(15-19-49(25-28)26-42)29-13-10-11-14-33(29)47-36)32-21-31-34(22-35(32)56-5)48(4)38-44(31)17-20-50-18-12-16-43(9-2,37(44)50)39(59-27(3)51)46(38,55)41(53)58-7;10-6-2-1-3-7(11)8(6)14-9-12-4-5-13-9;1-2-6(5-8)3(4)7/h10-14,16,21-22,28,37-39,47,54-55H,8-9,15,17-20,23-26H2,1-7H3;1-3H,4-5H2,(H2,12,13,14);2H2,1H3,(H2,4,7)/t28-,37-,38+,39+,42-,43+,44+,45-,46-;;/m0../s1. The first-order valence-electron chi connectivity index (χ1n) is 27.6. The van der Waals surface area contributed by atoms with E-state index in [0.717, 1.165) is 52.5 Å². The van der Waals surface area contributed by atoms with Gasteiger partial charge in [-0.25, -0.2) is 14.6 Å². The quantitative estimate of drug-likeness (QED) is 0.0338. The molecule has 0 unspecified atom stereocenters. The van der Waals surface area contributed by atoms with Crippen LogP contribution in [0.4, 0.5) is 16.2 Å².